The average Bonchev–Trinajstić information content (AvgIpc) is 2.90. The Morgan fingerprint density at radius 2 is 1.71 bits per heavy atom. The maximum absolute atomic E-state index is 13.0. The highest BCUT2D eigenvalue weighted by molar-refractivity contribution is 5.80. The van der Waals surface area contributed by atoms with Gasteiger partial charge in [-0.25, -0.2) is 14.2 Å². The van der Waals surface area contributed by atoms with E-state index in [0.29, 0.717) is 10.8 Å². The molecule has 2 unspecified atom stereocenters. The van der Waals surface area contributed by atoms with Gasteiger partial charge in [-0.1, -0.05) is 18.2 Å². The number of hydrogen-bond acceptors (Lipinski definition) is 4. The van der Waals surface area contributed by atoms with Crippen molar-refractivity contribution in [3.8, 4) is 0 Å². The molecule has 5 rings (SSSR count). The smallest absolute Gasteiger partial charge is 0.415 e. The SMILES string of the molecule is CCOC(=O)N1C=CC2C=CC1n1c(=O)c3ccccc3c(=O)n12. The van der Waals surface area contributed by atoms with Gasteiger partial charge in [-0.3, -0.25) is 14.5 Å². The quantitative estimate of drug-likeness (QED) is 0.749. The Balaban J connectivity index is 2.03. The molecule has 24 heavy (non-hydrogen) atoms. The van der Waals surface area contributed by atoms with Crippen LogP contribution in [0.4, 0.5) is 4.79 Å². The summed E-state index contributed by atoms with van der Waals surface area (Å²) in [4.78, 5) is 39.4. The van der Waals surface area contributed by atoms with Gasteiger partial charge in [-0.2, -0.15) is 0 Å². The fourth-order valence-corrected chi connectivity index (χ4v) is 3.19. The number of ether oxygens (including phenoxy) is 1. The molecule has 1 aromatic carbocycles. The van der Waals surface area contributed by atoms with E-state index in [1.54, 1.807) is 55.6 Å². The van der Waals surface area contributed by atoms with E-state index in [-0.39, 0.29) is 17.7 Å². The second kappa shape index (κ2) is 5.23. The summed E-state index contributed by atoms with van der Waals surface area (Å²) in [6.45, 7) is 1.94. The summed E-state index contributed by atoms with van der Waals surface area (Å²) in [6.07, 6.45) is 5.50. The molecule has 0 saturated carbocycles. The van der Waals surface area contributed by atoms with Crippen LogP contribution in [-0.2, 0) is 4.74 Å². The number of carbonyl (C=O) groups is 1. The molecule has 0 fully saturated rings. The summed E-state index contributed by atoms with van der Waals surface area (Å²) < 4.78 is 7.78. The molecular formula is C17H15N3O4. The van der Waals surface area contributed by atoms with E-state index < -0.39 is 18.3 Å². The Bertz CT molecular complexity index is 1010. The lowest BCUT2D eigenvalue weighted by molar-refractivity contribution is 0.0992. The van der Waals surface area contributed by atoms with Gasteiger partial charge in [0, 0.05) is 6.20 Å². The molecule has 1 amide bonds. The maximum Gasteiger partial charge on any atom is 0.415 e. The highest BCUT2D eigenvalue weighted by atomic mass is 16.6. The molecular weight excluding hydrogens is 310 g/mol. The Hall–Kier alpha value is -3.09. The van der Waals surface area contributed by atoms with Crippen LogP contribution in [0.3, 0.4) is 0 Å². The van der Waals surface area contributed by atoms with Crippen LogP contribution in [0.25, 0.3) is 10.8 Å². The van der Waals surface area contributed by atoms with Crippen LogP contribution < -0.4 is 11.1 Å². The molecule has 0 saturated heterocycles. The maximum atomic E-state index is 13.0. The summed E-state index contributed by atoms with van der Waals surface area (Å²) in [6, 6.07) is 6.28. The summed E-state index contributed by atoms with van der Waals surface area (Å²) in [5.41, 5.74) is -0.581. The van der Waals surface area contributed by atoms with Crippen molar-refractivity contribution in [2.75, 3.05) is 6.61 Å². The van der Waals surface area contributed by atoms with Gasteiger partial charge in [-0.15, -0.1) is 0 Å². The van der Waals surface area contributed by atoms with Crippen molar-refractivity contribution in [2.24, 2.45) is 0 Å². The molecule has 2 aromatic rings. The minimum Gasteiger partial charge on any atom is -0.449 e. The van der Waals surface area contributed by atoms with Crippen LogP contribution in [0.2, 0.25) is 0 Å². The molecule has 0 spiro atoms. The number of aromatic nitrogens is 2. The van der Waals surface area contributed by atoms with Crippen LogP contribution in [-0.4, -0.2) is 27.0 Å². The lowest BCUT2D eigenvalue weighted by Crippen LogP contribution is -2.47. The van der Waals surface area contributed by atoms with Crippen LogP contribution in [0.1, 0.15) is 19.1 Å². The Labute approximate surface area is 136 Å². The highest BCUT2D eigenvalue weighted by Gasteiger charge is 2.33. The van der Waals surface area contributed by atoms with Crippen LogP contribution in [0, 0.1) is 0 Å². The molecule has 2 bridgehead atoms. The van der Waals surface area contributed by atoms with Gasteiger partial charge in [0.25, 0.3) is 11.1 Å². The van der Waals surface area contributed by atoms with Gasteiger partial charge in [0.2, 0.25) is 0 Å². The third-order valence-electron chi connectivity index (χ3n) is 4.26. The molecule has 0 aliphatic carbocycles. The van der Waals surface area contributed by atoms with Gasteiger partial charge >= 0.3 is 6.09 Å². The van der Waals surface area contributed by atoms with Crippen molar-refractivity contribution < 1.29 is 9.53 Å². The van der Waals surface area contributed by atoms with Gasteiger partial charge in [-0.05, 0) is 31.2 Å². The first-order chi connectivity index (χ1) is 11.6. The number of nitrogens with zero attached hydrogens (tertiary/aromatic N) is 3. The van der Waals surface area contributed by atoms with Crippen LogP contribution >= 0.6 is 0 Å². The zero-order valence-corrected chi connectivity index (χ0v) is 13.0. The fraction of sp³-hybridized carbons (Fsp3) is 0.235. The Morgan fingerprint density at radius 3 is 2.38 bits per heavy atom. The zero-order valence-electron chi connectivity index (χ0n) is 13.0. The third-order valence-corrected chi connectivity index (χ3v) is 4.26. The number of fused-ring (bicyclic) bond motifs is 2. The van der Waals surface area contributed by atoms with E-state index in [1.165, 1.54) is 14.3 Å². The van der Waals surface area contributed by atoms with Gasteiger partial charge in [0.15, 0.2) is 6.17 Å². The van der Waals surface area contributed by atoms with E-state index in [4.69, 9.17) is 4.74 Å². The topological polar surface area (TPSA) is 73.5 Å². The van der Waals surface area contributed by atoms with Gasteiger partial charge < -0.3 is 4.74 Å². The van der Waals surface area contributed by atoms with E-state index in [9.17, 15) is 14.4 Å². The molecule has 3 aliphatic heterocycles. The van der Waals surface area contributed by atoms with Crippen molar-refractivity contribution >= 4 is 16.9 Å². The molecule has 0 radical (unpaired) electrons. The number of amides is 1. The third kappa shape index (κ3) is 1.87. The number of benzene rings is 1. The predicted octanol–water partition coefficient (Wildman–Crippen LogP) is 1.76. The Kier molecular flexibility index (Phi) is 3.16. The molecule has 0 N–H and O–H groups in total. The normalized spacial score (nSPS) is 21.0. The van der Waals surface area contributed by atoms with E-state index in [2.05, 4.69) is 0 Å². The molecule has 1 aromatic heterocycles. The largest absolute Gasteiger partial charge is 0.449 e. The minimum atomic E-state index is -0.733. The lowest BCUT2D eigenvalue weighted by atomic mass is 10.1. The summed E-state index contributed by atoms with van der Waals surface area (Å²) in [5, 5.41) is 0.708. The molecule has 7 nitrogen and oxygen atoms in total. The second-order valence-corrected chi connectivity index (χ2v) is 5.58. The van der Waals surface area contributed by atoms with Crippen molar-refractivity contribution in [2.45, 2.75) is 19.1 Å². The first kappa shape index (κ1) is 14.5. The zero-order chi connectivity index (χ0) is 16.8. The molecule has 3 aliphatic rings. The standard InChI is InChI=1S/C17H15N3O4/c1-2-24-17(23)18-10-9-11-7-8-14(18)20-16(22)13-6-4-3-5-12(13)15(21)19(11)20/h3-11,14H,2H2,1H3. The summed E-state index contributed by atoms with van der Waals surface area (Å²) >= 11 is 0. The van der Waals surface area contributed by atoms with Crippen molar-refractivity contribution in [3.63, 3.8) is 0 Å². The predicted molar refractivity (Wildman–Crippen MR) is 87.7 cm³/mol. The van der Waals surface area contributed by atoms with E-state index >= 15 is 0 Å². The van der Waals surface area contributed by atoms with E-state index in [0.717, 1.165) is 0 Å². The van der Waals surface area contributed by atoms with Crippen LogP contribution in [0.5, 0.6) is 0 Å². The fourth-order valence-electron chi connectivity index (χ4n) is 3.19. The number of carbonyl (C=O) groups excluding carboxylic acids is 1. The first-order valence-electron chi connectivity index (χ1n) is 7.71. The monoisotopic (exact) mass is 325 g/mol. The molecule has 4 heterocycles. The number of hydrogen-bond donors (Lipinski definition) is 0. The van der Waals surface area contributed by atoms with E-state index in [1.807, 2.05) is 0 Å². The molecule has 122 valence electrons. The molecule has 2 atom stereocenters. The number of allylic oxidation sites excluding steroid dienone is 2. The molecule has 7 heteroatoms. The van der Waals surface area contributed by atoms with Crippen molar-refractivity contribution in [1.82, 2.24) is 14.3 Å². The Morgan fingerprint density at radius 1 is 1.04 bits per heavy atom. The lowest BCUT2D eigenvalue weighted by Gasteiger charge is -2.31. The van der Waals surface area contributed by atoms with Gasteiger partial charge in [0.1, 0.15) is 0 Å². The van der Waals surface area contributed by atoms with Crippen molar-refractivity contribution in [1.29, 1.82) is 0 Å². The average molecular weight is 325 g/mol. The number of rotatable bonds is 1. The highest BCUT2D eigenvalue weighted by Crippen LogP contribution is 2.28. The van der Waals surface area contributed by atoms with Crippen molar-refractivity contribution in [3.05, 3.63) is 69.4 Å². The second-order valence-electron chi connectivity index (χ2n) is 5.58. The van der Waals surface area contributed by atoms with Crippen LogP contribution in [0.15, 0.2) is 58.3 Å². The van der Waals surface area contributed by atoms with Gasteiger partial charge in [0.05, 0.1) is 23.4 Å². The summed E-state index contributed by atoms with van der Waals surface area (Å²) in [5.74, 6) is 0. The first-order valence-corrected chi connectivity index (χ1v) is 7.71. The minimum absolute atomic E-state index is 0.225. The summed E-state index contributed by atoms with van der Waals surface area (Å²) in [7, 11) is 0.